The number of carbonyl (C=O) groups excluding carboxylic acids is 1. The highest BCUT2D eigenvalue weighted by Gasteiger charge is 2.39. The lowest BCUT2D eigenvalue weighted by atomic mass is 9.73. The second-order valence-corrected chi connectivity index (χ2v) is 6.38. The van der Waals surface area contributed by atoms with Crippen molar-refractivity contribution in [3.05, 3.63) is 17.5 Å². The molecule has 0 spiro atoms. The van der Waals surface area contributed by atoms with E-state index in [1.165, 1.54) is 11.3 Å². The molecule has 1 aromatic heterocycles. The van der Waals surface area contributed by atoms with Crippen LogP contribution in [-0.2, 0) is 17.6 Å². The standard InChI is InChI=1S/C15H24N4O/c1-2-3-19-9-10(5-15(16)20)4-11-6-13-12(7-14(11)19)8-17-18-13/h8,10-11,14H,2-7,9H2,1H3,(H2,16,20)(H,17,18). The average Bonchev–Trinajstić information content (AvgIpc) is 2.83. The number of likely N-dealkylation sites (tertiary alicyclic amines) is 1. The number of carbonyl (C=O) groups is 1. The summed E-state index contributed by atoms with van der Waals surface area (Å²) in [5.74, 6) is 0.889. The fourth-order valence-electron chi connectivity index (χ4n) is 4.09. The summed E-state index contributed by atoms with van der Waals surface area (Å²) in [5.41, 5.74) is 8.07. The number of primary amides is 1. The normalized spacial score (nSPS) is 29.8. The van der Waals surface area contributed by atoms with Gasteiger partial charge in [0.25, 0.3) is 0 Å². The zero-order valence-electron chi connectivity index (χ0n) is 12.1. The van der Waals surface area contributed by atoms with E-state index >= 15 is 0 Å². The van der Waals surface area contributed by atoms with E-state index < -0.39 is 0 Å². The monoisotopic (exact) mass is 276 g/mol. The highest BCUT2D eigenvalue weighted by Crippen LogP contribution is 2.37. The minimum atomic E-state index is -0.164. The molecule has 0 radical (unpaired) electrons. The molecule has 1 fully saturated rings. The number of aromatic amines is 1. The number of aromatic nitrogens is 2. The van der Waals surface area contributed by atoms with Crippen molar-refractivity contribution in [3.63, 3.8) is 0 Å². The molecule has 1 amide bonds. The molecule has 5 heteroatoms. The van der Waals surface area contributed by atoms with Crippen molar-refractivity contribution in [2.75, 3.05) is 13.1 Å². The maximum Gasteiger partial charge on any atom is 0.217 e. The topological polar surface area (TPSA) is 75.0 Å². The molecular weight excluding hydrogens is 252 g/mol. The van der Waals surface area contributed by atoms with Gasteiger partial charge in [0.05, 0.1) is 6.20 Å². The average molecular weight is 276 g/mol. The zero-order chi connectivity index (χ0) is 14.1. The number of hydrogen-bond donors (Lipinski definition) is 2. The Hall–Kier alpha value is -1.36. The predicted octanol–water partition coefficient (Wildman–Crippen LogP) is 1.10. The molecule has 3 unspecified atom stereocenters. The van der Waals surface area contributed by atoms with Crippen LogP contribution in [0.15, 0.2) is 6.20 Å². The van der Waals surface area contributed by atoms with Crippen LogP contribution >= 0.6 is 0 Å². The number of fused-ring (bicyclic) bond motifs is 2. The summed E-state index contributed by atoms with van der Waals surface area (Å²) in [6, 6.07) is 0.615. The third-order valence-electron chi connectivity index (χ3n) is 4.85. The first-order valence-corrected chi connectivity index (χ1v) is 7.70. The van der Waals surface area contributed by atoms with Gasteiger partial charge in [-0.2, -0.15) is 5.10 Å². The summed E-state index contributed by atoms with van der Waals surface area (Å²) >= 11 is 0. The van der Waals surface area contributed by atoms with Crippen LogP contribution in [0, 0.1) is 11.8 Å². The predicted molar refractivity (Wildman–Crippen MR) is 77.1 cm³/mol. The van der Waals surface area contributed by atoms with Crippen LogP contribution < -0.4 is 5.73 Å². The Labute approximate surface area is 119 Å². The first-order chi connectivity index (χ1) is 9.67. The van der Waals surface area contributed by atoms with Crippen molar-refractivity contribution in [1.29, 1.82) is 0 Å². The van der Waals surface area contributed by atoms with Crippen LogP contribution in [0.1, 0.15) is 37.4 Å². The van der Waals surface area contributed by atoms with E-state index in [4.69, 9.17) is 5.73 Å². The van der Waals surface area contributed by atoms with E-state index in [2.05, 4.69) is 22.0 Å². The Morgan fingerprint density at radius 1 is 1.55 bits per heavy atom. The lowest BCUT2D eigenvalue weighted by Crippen LogP contribution is -2.52. The number of piperidine rings is 1. The Kier molecular flexibility index (Phi) is 3.78. The Morgan fingerprint density at radius 3 is 3.15 bits per heavy atom. The van der Waals surface area contributed by atoms with Crippen molar-refractivity contribution >= 4 is 5.91 Å². The quantitative estimate of drug-likeness (QED) is 0.864. The fraction of sp³-hybridized carbons (Fsp3) is 0.733. The SMILES string of the molecule is CCCN1CC(CC(N)=O)CC2Cc3[nH]ncc3CC21. The molecule has 2 aliphatic rings. The summed E-state index contributed by atoms with van der Waals surface area (Å²) in [7, 11) is 0. The highest BCUT2D eigenvalue weighted by molar-refractivity contribution is 5.74. The third-order valence-corrected chi connectivity index (χ3v) is 4.85. The van der Waals surface area contributed by atoms with Gasteiger partial charge >= 0.3 is 0 Å². The summed E-state index contributed by atoms with van der Waals surface area (Å²) in [6.45, 7) is 4.35. The number of H-pyrrole nitrogens is 1. The molecule has 3 rings (SSSR count). The fourth-order valence-corrected chi connectivity index (χ4v) is 4.09. The molecule has 5 nitrogen and oxygen atoms in total. The van der Waals surface area contributed by atoms with Gasteiger partial charge in [0, 0.05) is 24.7 Å². The maximum atomic E-state index is 11.2. The smallest absolute Gasteiger partial charge is 0.217 e. The van der Waals surface area contributed by atoms with Gasteiger partial charge < -0.3 is 5.73 Å². The van der Waals surface area contributed by atoms with Crippen molar-refractivity contribution in [2.24, 2.45) is 17.6 Å². The molecule has 2 heterocycles. The van der Waals surface area contributed by atoms with E-state index in [-0.39, 0.29) is 5.91 Å². The number of hydrogen-bond acceptors (Lipinski definition) is 3. The molecule has 0 saturated carbocycles. The van der Waals surface area contributed by atoms with Crippen LogP contribution in [0.4, 0.5) is 0 Å². The Bertz CT molecular complexity index is 484. The molecule has 110 valence electrons. The lowest BCUT2D eigenvalue weighted by Gasteiger charge is -2.46. The number of nitrogens with zero attached hydrogens (tertiary/aromatic N) is 2. The van der Waals surface area contributed by atoms with E-state index in [0.29, 0.717) is 24.3 Å². The minimum Gasteiger partial charge on any atom is -0.370 e. The second kappa shape index (κ2) is 5.56. The second-order valence-electron chi connectivity index (χ2n) is 6.38. The molecule has 20 heavy (non-hydrogen) atoms. The van der Waals surface area contributed by atoms with E-state index in [1.807, 2.05) is 6.20 Å². The molecule has 0 bridgehead atoms. The number of nitrogens with one attached hydrogen (secondary N) is 1. The number of nitrogens with two attached hydrogens (primary N) is 1. The molecule has 1 aliphatic heterocycles. The van der Waals surface area contributed by atoms with Gasteiger partial charge in [-0.1, -0.05) is 6.92 Å². The number of rotatable bonds is 4. The van der Waals surface area contributed by atoms with Crippen LogP contribution in [0.5, 0.6) is 0 Å². The van der Waals surface area contributed by atoms with Crippen LogP contribution in [0.3, 0.4) is 0 Å². The molecule has 1 aromatic rings. The summed E-state index contributed by atoms with van der Waals surface area (Å²) in [4.78, 5) is 13.8. The van der Waals surface area contributed by atoms with Crippen LogP contribution in [0.2, 0.25) is 0 Å². The summed E-state index contributed by atoms with van der Waals surface area (Å²) in [6.07, 6.45) is 6.94. The molecular formula is C15H24N4O. The third kappa shape index (κ3) is 2.59. The maximum absolute atomic E-state index is 11.2. The van der Waals surface area contributed by atoms with Gasteiger partial charge in [-0.05, 0) is 49.6 Å². The first-order valence-electron chi connectivity index (χ1n) is 7.70. The lowest BCUT2D eigenvalue weighted by molar-refractivity contribution is -0.119. The van der Waals surface area contributed by atoms with Crippen molar-refractivity contribution in [3.8, 4) is 0 Å². The van der Waals surface area contributed by atoms with Gasteiger partial charge in [0.15, 0.2) is 0 Å². The minimum absolute atomic E-state index is 0.164. The van der Waals surface area contributed by atoms with Gasteiger partial charge in [-0.25, -0.2) is 0 Å². The molecule has 1 aliphatic carbocycles. The van der Waals surface area contributed by atoms with Crippen molar-refractivity contribution in [2.45, 2.75) is 45.1 Å². The van der Waals surface area contributed by atoms with E-state index in [9.17, 15) is 4.79 Å². The van der Waals surface area contributed by atoms with Crippen LogP contribution in [-0.4, -0.2) is 40.1 Å². The van der Waals surface area contributed by atoms with Gasteiger partial charge in [0.2, 0.25) is 5.91 Å². The number of amides is 1. The van der Waals surface area contributed by atoms with Crippen molar-refractivity contribution < 1.29 is 4.79 Å². The van der Waals surface area contributed by atoms with Gasteiger partial charge in [0.1, 0.15) is 0 Å². The first kappa shape index (κ1) is 13.6. The molecule has 0 aromatic carbocycles. The summed E-state index contributed by atoms with van der Waals surface area (Å²) < 4.78 is 0. The van der Waals surface area contributed by atoms with E-state index in [1.54, 1.807) is 0 Å². The largest absolute Gasteiger partial charge is 0.370 e. The Balaban J connectivity index is 1.78. The van der Waals surface area contributed by atoms with Gasteiger partial charge in [-0.3, -0.25) is 14.8 Å². The molecule has 3 atom stereocenters. The van der Waals surface area contributed by atoms with E-state index in [0.717, 1.165) is 38.8 Å². The van der Waals surface area contributed by atoms with Gasteiger partial charge in [-0.15, -0.1) is 0 Å². The highest BCUT2D eigenvalue weighted by atomic mass is 16.1. The van der Waals surface area contributed by atoms with Crippen LogP contribution in [0.25, 0.3) is 0 Å². The zero-order valence-corrected chi connectivity index (χ0v) is 12.1. The molecule has 3 N–H and O–H groups in total. The summed E-state index contributed by atoms with van der Waals surface area (Å²) in [5, 5.41) is 7.32. The molecule has 1 saturated heterocycles. The van der Waals surface area contributed by atoms with Crippen molar-refractivity contribution in [1.82, 2.24) is 15.1 Å². The Morgan fingerprint density at radius 2 is 2.40 bits per heavy atom.